The van der Waals surface area contributed by atoms with E-state index in [4.69, 9.17) is 0 Å². The monoisotopic (exact) mass is 307 g/mol. The van der Waals surface area contributed by atoms with Crippen molar-refractivity contribution in [2.45, 2.75) is 6.42 Å². The van der Waals surface area contributed by atoms with Crippen molar-refractivity contribution in [3.8, 4) is 0 Å². The minimum absolute atomic E-state index is 0.114. The highest BCUT2D eigenvalue weighted by molar-refractivity contribution is 5.92. The normalized spacial score (nSPS) is 15.2. The second-order valence-electron chi connectivity index (χ2n) is 5.53. The maximum atomic E-state index is 12.2. The zero-order chi connectivity index (χ0) is 16.1. The van der Waals surface area contributed by atoms with E-state index in [2.05, 4.69) is 10.2 Å². The highest BCUT2D eigenvalue weighted by Gasteiger charge is 2.25. The maximum Gasteiger partial charge on any atom is 0.274 e. The first-order chi connectivity index (χ1) is 10.5. The topological polar surface area (TPSA) is 89.6 Å². The van der Waals surface area contributed by atoms with Gasteiger partial charge in [-0.3, -0.25) is 14.4 Å². The number of piperazine rings is 1. The number of hydrogen-bond acceptors (Lipinski definition) is 5. The molecular formula is C14H21N5O3. The van der Waals surface area contributed by atoms with Gasteiger partial charge in [0.25, 0.3) is 11.5 Å². The second-order valence-corrected chi connectivity index (χ2v) is 5.53. The van der Waals surface area contributed by atoms with Crippen LogP contribution in [0.2, 0.25) is 0 Å². The number of rotatable bonds is 4. The summed E-state index contributed by atoms with van der Waals surface area (Å²) >= 11 is 0. The first-order valence-corrected chi connectivity index (χ1v) is 7.25. The predicted molar refractivity (Wildman–Crippen MR) is 80.5 cm³/mol. The number of nitrogens with zero attached hydrogens (tertiary/aromatic N) is 4. The standard InChI is InChI=1S/C14H21N5O3/c1-17(2)6-5-13(21)18-7-9-19(10-8-18)14(22)11-3-4-12(20)16-15-11/h3-4H,5-10H2,1-2H3,(H,16,20). The first-order valence-electron chi connectivity index (χ1n) is 7.25. The Kier molecular flexibility index (Phi) is 5.26. The summed E-state index contributed by atoms with van der Waals surface area (Å²) in [6.45, 7) is 2.74. The Morgan fingerprint density at radius 1 is 1.18 bits per heavy atom. The fraction of sp³-hybridized carbons (Fsp3) is 0.571. The van der Waals surface area contributed by atoms with E-state index in [0.29, 0.717) is 32.6 Å². The van der Waals surface area contributed by atoms with Crippen molar-refractivity contribution >= 4 is 11.8 Å². The molecule has 0 aromatic carbocycles. The number of amides is 2. The van der Waals surface area contributed by atoms with Crippen LogP contribution in [0.4, 0.5) is 0 Å². The largest absolute Gasteiger partial charge is 0.339 e. The molecule has 0 spiro atoms. The Hall–Kier alpha value is -2.22. The van der Waals surface area contributed by atoms with Gasteiger partial charge in [0.05, 0.1) is 0 Å². The Balaban J connectivity index is 1.86. The van der Waals surface area contributed by atoms with Gasteiger partial charge in [-0.1, -0.05) is 0 Å². The van der Waals surface area contributed by atoms with Gasteiger partial charge in [-0.15, -0.1) is 0 Å². The van der Waals surface area contributed by atoms with Crippen molar-refractivity contribution in [2.75, 3.05) is 46.8 Å². The zero-order valence-electron chi connectivity index (χ0n) is 12.9. The molecular weight excluding hydrogens is 286 g/mol. The van der Waals surface area contributed by atoms with Crippen LogP contribution in [0.5, 0.6) is 0 Å². The zero-order valence-corrected chi connectivity index (χ0v) is 12.9. The molecule has 1 aromatic rings. The van der Waals surface area contributed by atoms with Gasteiger partial charge < -0.3 is 14.7 Å². The minimum atomic E-state index is -0.340. The van der Waals surface area contributed by atoms with E-state index < -0.39 is 0 Å². The number of hydrogen-bond donors (Lipinski definition) is 1. The van der Waals surface area contributed by atoms with E-state index in [1.54, 1.807) is 9.80 Å². The molecule has 120 valence electrons. The molecule has 1 fully saturated rings. The molecule has 8 nitrogen and oxygen atoms in total. The van der Waals surface area contributed by atoms with Crippen LogP contribution in [0, 0.1) is 0 Å². The van der Waals surface area contributed by atoms with Crippen LogP contribution in [0.25, 0.3) is 0 Å². The summed E-state index contributed by atoms with van der Waals surface area (Å²) < 4.78 is 0. The quantitative estimate of drug-likeness (QED) is 0.771. The molecule has 0 bridgehead atoms. The summed E-state index contributed by atoms with van der Waals surface area (Å²) in [5.74, 6) is -0.111. The van der Waals surface area contributed by atoms with E-state index in [1.807, 2.05) is 19.0 Å². The van der Waals surface area contributed by atoms with Gasteiger partial charge in [0.2, 0.25) is 5.91 Å². The second kappa shape index (κ2) is 7.17. The van der Waals surface area contributed by atoms with Gasteiger partial charge >= 0.3 is 0 Å². The summed E-state index contributed by atoms with van der Waals surface area (Å²) in [5, 5.41) is 5.99. The number of H-pyrrole nitrogens is 1. The number of carbonyl (C=O) groups is 2. The van der Waals surface area contributed by atoms with Crippen LogP contribution in [0.3, 0.4) is 0 Å². The Bertz CT molecular complexity index is 570. The summed E-state index contributed by atoms with van der Waals surface area (Å²) in [6, 6.07) is 2.69. The summed E-state index contributed by atoms with van der Waals surface area (Å²) in [6.07, 6.45) is 0.489. The lowest BCUT2D eigenvalue weighted by molar-refractivity contribution is -0.132. The van der Waals surface area contributed by atoms with Crippen LogP contribution >= 0.6 is 0 Å². The van der Waals surface area contributed by atoms with Gasteiger partial charge in [-0.25, -0.2) is 5.10 Å². The summed E-state index contributed by atoms with van der Waals surface area (Å²) in [4.78, 5) is 40.6. The highest BCUT2D eigenvalue weighted by Crippen LogP contribution is 2.07. The van der Waals surface area contributed by atoms with Crippen molar-refractivity contribution in [2.24, 2.45) is 0 Å². The third-order valence-corrected chi connectivity index (χ3v) is 3.59. The van der Waals surface area contributed by atoms with Crippen LogP contribution in [-0.4, -0.2) is 83.5 Å². The molecule has 0 aliphatic carbocycles. The summed E-state index contributed by atoms with van der Waals surface area (Å²) in [7, 11) is 3.86. The molecule has 0 unspecified atom stereocenters. The van der Waals surface area contributed by atoms with Crippen molar-refractivity contribution in [1.29, 1.82) is 0 Å². The lowest BCUT2D eigenvalue weighted by Gasteiger charge is -2.34. The van der Waals surface area contributed by atoms with Crippen molar-refractivity contribution in [1.82, 2.24) is 24.9 Å². The van der Waals surface area contributed by atoms with Crippen LogP contribution in [0.1, 0.15) is 16.9 Å². The molecule has 22 heavy (non-hydrogen) atoms. The van der Waals surface area contributed by atoms with Crippen LogP contribution < -0.4 is 5.56 Å². The van der Waals surface area contributed by atoms with E-state index in [0.717, 1.165) is 6.54 Å². The van der Waals surface area contributed by atoms with Gasteiger partial charge in [0, 0.05) is 45.2 Å². The number of aromatic nitrogens is 2. The molecule has 2 rings (SSSR count). The van der Waals surface area contributed by atoms with Gasteiger partial charge in [0.1, 0.15) is 5.69 Å². The van der Waals surface area contributed by atoms with Crippen molar-refractivity contribution in [3.63, 3.8) is 0 Å². The smallest absolute Gasteiger partial charge is 0.274 e. The van der Waals surface area contributed by atoms with Crippen LogP contribution in [0.15, 0.2) is 16.9 Å². The molecule has 0 saturated carbocycles. The van der Waals surface area contributed by atoms with E-state index in [-0.39, 0.29) is 23.1 Å². The van der Waals surface area contributed by atoms with E-state index >= 15 is 0 Å². The summed E-state index contributed by atoms with van der Waals surface area (Å²) in [5.41, 5.74) is -0.125. The molecule has 2 heterocycles. The molecule has 1 aliphatic heterocycles. The van der Waals surface area contributed by atoms with Crippen molar-refractivity contribution < 1.29 is 9.59 Å². The molecule has 1 aromatic heterocycles. The number of aromatic amines is 1. The molecule has 1 aliphatic rings. The first kappa shape index (κ1) is 16.2. The molecule has 0 radical (unpaired) electrons. The highest BCUT2D eigenvalue weighted by atomic mass is 16.2. The lowest BCUT2D eigenvalue weighted by Crippen LogP contribution is -2.51. The average molecular weight is 307 g/mol. The SMILES string of the molecule is CN(C)CCC(=O)N1CCN(C(=O)c2ccc(=O)[nH]n2)CC1. The van der Waals surface area contributed by atoms with E-state index in [1.165, 1.54) is 12.1 Å². The maximum absolute atomic E-state index is 12.2. The van der Waals surface area contributed by atoms with Gasteiger partial charge in [0.15, 0.2) is 0 Å². The molecule has 8 heteroatoms. The average Bonchev–Trinajstić information content (AvgIpc) is 2.53. The number of carbonyl (C=O) groups excluding carboxylic acids is 2. The molecule has 2 amide bonds. The predicted octanol–water partition coefficient (Wildman–Crippen LogP) is -0.994. The van der Waals surface area contributed by atoms with E-state index in [9.17, 15) is 14.4 Å². The number of nitrogens with one attached hydrogen (secondary N) is 1. The fourth-order valence-corrected chi connectivity index (χ4v) is 2.26. The molecule has 1 N–H and O–H groups in total. The molecule has 1 saturated heterocycles. The third kappa shape index (κ3) is 4.14. The van der Waals surface area contributed by atoms with Crippen molar-refractivity contribution in [3.05, 3.63) is 28.2 Å². The lowest BCUT2D eigenvalue weighted by atomic mass is 10.2. The minimum Gasteiger partial charge on any atom is -0.339 e. The molecule has 0 atom stereocenters. The third-order valence-electron chi connectivity index (χ3n) is 3.59. The fourth-order valence-electron chi connectivity index (χ4n) is 2.26. The Morgan fingerprint density at radius 3 is 2.36 bits per heavy atom. The van der Waals surface area contributed by atoms with Gasteiger partial charge in [-0.2, -0.15) is 5.10 Å². The van der Waals surface area contributed by atoms with Crippen LogP contribution in [-0.2, 0) is 4.79 Å². The Labute approximate surface area is 128 Å². The van der Waals surface area contributed by atoms with Gasteiger partial charge in [-0.05, 0) is 20.2 Å². The Morgan fingerprint density at radius 2 is 1.82 bits per heavy atom.